The molecule has 0 aliphatic carbocycles. The van der Waals surface area contributed by atoms with Gasteiger partial charge in [0.05, 0.1) is 26.9 Å². The first kappa shape index (κ1) is 15.6. The molecule has 6 nitrogen and oxygen atoms in total. The monoisotopic (exact) mass is 302 g/mol. The van der Waals surface area contributed by atoms with Crippen LogP contribution in [0.2, 0.25) is 0 Å². The van der Waals surface area contributed by atoms with Crippen LogP contribution in [0.15, 0.2) is 36.5 Å². The molecule has 1 heterocycles. The lowest BCUT2D eigenvalue weighted by Gasteiger charge is -2.10. The van der Waals surface area contributed by atoms with Crippen molar-refractivity contribution in [2.45, 2.75) is 6.54 Å². The van der Waals surface area contributed by atoms with Crippen molar-refractivity contribution in [1.82, 2.24) is 10.3 Å². The van der Waals surface area contributed by atoms with E-state index >= 15 is 0 Å². The maximum atomic E-state index is 12.0. The van der Waals surface area contributed by atoms with E-state index in [1.165, 1.54) is 13.3 Å². The molecule has 0 saturated heterocycles. The highest BCUT2D eigenvalue weighted by Crippen LogP contribution is 2.27. The molecule has 0 bridgehead atoms. The van der Waals surface area contributed by atoms with Gasteiger partial charge >= 0.3 is 0 Å². The van der Waals surface area contributed by atoms with Crippen LogP contribution in [0.5, 0.6) is 17.4 Å². The molecule has 0 radical (unpaired) electrons. The molecule has 0 unspecified atom stereocenters. The van der Waals surface area contributed by atoms with Gasteiger partial charge in [-0.15, -0.1) is 0 Å². The number of amides is 1. The standard InChI is InChI=1S/C16H18N2O4/c1-20-13-6-4-11(8-14(13)21-2)9-18-16(19)12-5-7-15(22-3)17-10-12/h4-8,10H,9H2,1-3H3,(H,18,19). The van der Waals surface area contributed by atoms with Gasteiger partial charge in [-0.3, -0.25) is 4.79 Å². The van der Waals surface area contributed by atoms with Gasteiger partial charge in [0.2, 0.25) is 5.88 Å². The van der Waals surface area contributed by atoms with E-state index in [0.29, 0.717) is 29.5 Å². The van der Waals surface area contributed by atoms with E-state index in [0.717, 1.165) is 5.56 Å². The van der Waals surface area contributed by atoms with Gasteiger partial charge in [0, 0.05) is 18.8 Å². The summed E-state index contributed by atoms with van der Waals surface area (Å²) >= 11 is 0. The summed E-state index contributed by atoms with van der Waals surface area (Å²) in [6, 6.07) is 8.80. The third-order valence-electron chi connectivity index (χ3n) is 3.11. The minimum Gasteiger partial charge on any atom is -0.493 e. The number of rotatable bonds is 6. The predicted octanol–water partition coefficient (Wildman–Crippen LogP) is 2.04. The third kappa shape index (κ3) is 3.66. The smallest absolute Gasteiger partial charge is 0.253 e. The number of pyridine rings is 1. The minimum atomic E-state index is -0.204. The quantitative estimate of drug-likeness (QED) is 0.884. The minimum absolute atomic E-state index is 0.204. The van der Waals surface area contributed by atoms with Gasteiger partial charge in [0.1, 0.15) is 0 Å². The zero-order valence-corrected chi connectivity index (χ0v) is 12.8. The Balaban J connectivity index is 2.01. The Bertz CT molecular complexity index is 641. The molecule has 0 aliphatic heterocycles. The van der Waals surface area contributed by atoms with E-state index in [1.807, 2.05) is 12.1 Å². The number of methoxy groups -OCH3 is 3. The van der Waals surface area contributed by atoms with Crippen molar-refractivity contribution in [3.8, 4) is 17.4 Å². The molecule has 0 saturated carbocycles. The fourth-order valence-corrected chi connectivity index (χ4v) is 1.91. The molecule has 2 aromatic rings. The lowest BCUT2D eigenvalue weighted by Crippen LogP contribution is -2.22. The molecule has 6 heteroatoms. The maximum Gasteiger partial charge on any atom is 0.253 e. The molecule has 22 heavy (non-hydrogen) atoms. The molecule has 116 valence electrons. The molecule has 0 atom stereocenters. The van der Waals surface area contributed by atoms with Gasteiger partial charge < -0.3 is 19.5 Å². The van der Waals surface area contributed by atoms with Gasteiger partial charge in [0.15, 0.2) is 11.5 Å². The zero-order valence-electron chi connectivity index (χ0n) is 12.8. The van der Waals surface area contributed by atoms with E-state index in [2.05, 4.69) is 10.3 Å². The summed E-state index contributed by atoms with van der Waals surface area (Å²) in [6.07, 6.45) is 1.47. The lowest BCUT2D eigenvalue weighted by atomic mass is 10.2. The van der Waals surface area contributed by atoms with Crippen LogP contribution in [-0.2, 0) is 6.54 Å². The van der Waals surface area contributed by atoms with Crippen molar-refractivity contribution in [3.63, 3.8) is 0 Å². The summed E-state index contributed by atoms with van der Waals surface area (Å²) in [5.74, 6) is 1.54. The topological polar surface area (TPSA) is 69.7 Å². The summed E-state index contributed by atoms with van der Waals surface area (Å²) in [7, 11) is 4.68. The van der Waals surface area contributed by atoms with Crippen molar-refractivity contribution in [1.29, 1.82) is 0 Å². The number of nitrogens with zero attached hydrogens (tertiary/aromatic N) is 1. The molecule has 1 N–H and O–H groups in total. The Morgan fingerprint density at radius 1 is 1.05 bits per heavy atom. The van der Waals surface area contributed by atoms with Crippen LogP contribution in [0.4, 0.5) is 0 Å². The van der Waals surface area contributed by atoms with E-state index in [1.54, 1.807) is 32.4 Å². The molecular formula is C16H18N2O4. The van der Waals surface area contributed by atoms with Gasteiger partial charge in [-0.1, -0.05) is 6.07 Å². The van der Waals surface area contributed by atoms with Crippen molar-refractivity contribution in [3.05, 3.63) is 47.7 Å². The fraction of sp³-hybridized carbons (Fsp3) is 0.250. The van der Waals surface area contributed by atoms with Crippen LogP contribution in [0.1, 0.15) is 15.9 Å². The van der Waals surface area contributed by atoms with Gasteiger partial charge in [0.25, 0.3) is 5.91 Å². The summed E-state index contributed by atoms with van der Waals surface area (Å²) in [5, 5.41) is 2.83. The first-order valence-electron chi connectivity index (χ1n) is 6.67. The predicted molar refractivity (Wildman–Crippen MR) is 81.5 cm³/mol. The average Bonchev–Trinajstić information content (AvgIpc) is 2.59. The number of ether oxygens (including phenoxy) is 3. The number of hydrogen-bond acceptors (Lipinski definition) is 5. The Kier molecular flexibility index (Phi) is 5.19. The highest BCUT2D eigenvalue weighted by atomic mass is 16.5. The highest BCUT2D eigenvalue weighted by Gasteiger charge is 2.08. The second kappa shape index (κ2) is 7.31. The molecule has 0 fully saturated rings. The molecule has 1 amide bonds. The lowest BCUT2D eigenvalue weighted by molar-refractivity contribution is 0.0950. The van der Waals surface area contributed by atoms with E-state index in [-0.39, 0.29) is 5.91 Å². The average molecular weight is 302 g/mol. The second-order valence-corrected chi connectivity index (χ2v) is 4.46. The van der Waals surface area contributed by atoms with Crippen LogP contribution in [-0.4, -0.2) is 32.2 Å². The third-order valence-corrected chi connectivity index (χ3v) is 3.11. The van der Waals surface area contributed by atoms with Crippen LogP contribution in [0, 0.1) is 0 Å². The van der Waals surface area contributed by atoms with E-state index in [4.69, 9.17) is 14.2 Å². The first-order chi connectivity index (χ1) is 10.7. The SMILES string of the molecule is COc1ccc(C(=O)NCc2ccc(OC)c(OC)c2)cn1. The van der Waals surface area contributed by atoms with Crippen LogP contribution in [0.3, 0.4) is 0 Å². The van der Waals surface area contributed by atoms with Gasteiger partial charge in [-0.25, -0.2) is 4.98 Å². The van der Waals surface area contributed by atoms with E-state index in [9.17, 15) is 4.79 Å². The van der Waals surface area contributed by atoms with Gasteiger partial charge in [-0.05, 0) is 23.8 Å². The van der Waals surface area contributed by atoms with Crippen molar-refractivity contribution < 1.29 is 19.0 Å². The van der Waals surface area contributed by atoms with Gasteiger partial charge in [-0.2, -0.15) is 0 Å². The maximum absolute atomic E-state index is 12.0. The normalized spacial score (nSPS) is 9.95. The van der Waals surface area contributed by atoms with Crippen LogP contribution >= 0.6 is 0 Å². The largest absolute Gasteiger partial charge is 0.493 e. The summed E-state index contributed by atoms with van der Waals surface area (Å²) in [4.78, 5) is 16.1. The number of benzene rings is 1. The second-order valence-electron chi connectivity index (χ2n) is 4.46. The van der Waals surface area contributed by atoms with E-state index < -0.39 is 0 Å². The Morgan fingerprint density at radius 3 is 2.41 bits per heavy atom. The summed E-state index contributed by atoms with van der Waals surface area (Å²) < 4.78 is 15.4. The Labute approximate surface area is 129 Å². The number of hydrogen-bond donors (Lipinski definition) is 1. The van der Waals surface area contributed by atoms with Crippen molar-refractivity contribution in [2.24, 2.45) is 0 Å². The highest BCUT2D eigenvalue weighted by molar-refractivity contribution is 5.93. The molecule has 0 aliphatic rings. The Morgan fingerprint density at radius 2 is 1.82 bits per heavy atom. The summed E-state index contributed by atoms with van der Waals surface area (Å²) in [5.41, 5.74) is 1.38. The number of carbonyl (C=O) groups is 1. The number of carbonyl (C=O) groups excluding carboxylic acids is 1. The van der Waals surface area contributed by atoms with Crippen LogP contribution < -0.4 is 19.5 Å². The van der Waals surface area contributed by atoms with Crippen LogP contribution in [0.25, 0.3) is 0 Å². The number of nitrogens with one attached hydrogen (secondary N) is 1. The molecular weight excluding hydrogens is 284 g/mol. The molecule has 1 aromatic heterocycles. The molecule has 2 rings (SSSR count). The number of aromatic nitrogens is 1. The summed E-state index contributed by atoms with van der Waals surface area (Å²) in [6.45, 7) is 0.380. The Hall–Kier alpha value is -2.76. The fourth-order valence-electron chi connectivity index (χ4n) is 1.91. The molecule has 0 spiro atoms. The van der Waals surface area contributed by atoms with Crippen molar-refractivity contribution >= 4 is 5.91 Å². The molecule has 1 aromatic carbocycles. The van der Waals surface area contributed by atoms with Crippen molar-refractivity contribution in [2.75, 3.05) is 21.3 Å². The zero-order chi connectivity index (χ0) is 15.9. The first-order valence-corrected chi connectivity index (χ1v) is 6.67.